The first-order valence-electron chi connectivity index (χ1n) is 8.14. The largest absolute Gasteiger partial charge is 0.573 e. The maximum absolute atomic E-state index is 12.5. The lowest BCUT2D eigenvalue weighted by Crippen LogP contribution is -2.47. The number of nitrogens with one attached hydrogen (secondary N) is 1. The summed E-state index contributed by atoms with van der Waals surface area (Å²) in [6.45, 7) is 6.20. The summed E-state index contributed by atoms with van der Waals surface area (Å²) in [6, 6.07) is 7.89. The third kappa shape index (κ3) is 6.42. The van der Waals surface area contributed by atoms with Crippen molar-refractivity contribution in [2.45, 2.75) is 27.1 Å². The molecule has 0 fully saturated rings. The molecule has 148 valence electrons. The maximum atomic E-state index is 12.5. The van der Waals surface area contributed by atoms with Crippen LogP contribution in [0, 0.1) is 16.7 Å². The number of ether oxygens (including phenoxy) is 1. The van der Waals surface area contributed by atoms with Gasteiger partial charge in [0.25, 0.3) is 5.91 Å². The van der Waals surface area contributed by atoms with Crippen LogP contribution in [0.1, 0.15) is 37.0 Å². The summed E-state index contributed by atoms with van der Waals surface area (Å²) >= 11 is 0. The van der Waals surface area contributed by atoms with Crippen LogP contribution in [0.2, 0.25) is 0 Å². The molecule has 7 nitrogen and oxygen atoms in total. The van der Waals surface area contributed by atoms with Crippen LogP contribution in [0.4, 0.5) is 19.0 Å². The SMILES string of the molecule is CC(C)(C)CN(NC(=O)c1ccc(OC(F)(F)F)cc1)c1ccnc(C#N)n1. The van der Waals surface area contributed by atoms with Gasteiger partial charge in [0, 0.05) is 24.4 Å². The van der Waals surface area contributed by atoms with Gasteiger partial charge < -0.3 is 4.74 Å². The number of nitrogens with zero attached hydrogens (tertiary/aromatic N) is 4. The predicted molar refractivity (Wildman–Crippen MR) is 94.1 cm³/mol. The molecular weight excluding hydrogens is 375 g/mol. The van der Waals surface area contributed by atoms with Crippen molar-refractivity contribution in [3.05, 3.63) is 47.9 Å². The molecule has 2 rings (SSSR count). The highest BCUT2D eigenvalue weighted by molar-refractivity contribution is 5.95. The summed E-state index contributed by atoms with van der Waals surface area (Å²) in [6.07, 6.45) is -3.41. The van der Waals surface area contributed by atoms with Crippen LogP contribution in [0.3, 0.4) is 0 Å². The molecule has 1 amide bonds. The summed E-state index contributed by atoms with van der Waals surface area (Å²) in [5.74, 6) is -0.726. The molecule has 0 aliphatic rings. The van der Waals surface area contributed by atoms with Crippen LogP contribution >= 0.6 is 0 Å². The summed E-state index contributed by atoms with van der Waals surface area (Å²) in [4.78, 5) is 20.4. The normalized spacial score (nSPS) is 11.5. The lowest BCUT2D eigenvalue weighted by Gasteiger charge is -2.30. The van der Waals surface area contributed by atoms with E-state index in [2.05, 4.69) is 20.1 Å². The quantitative estimate of drug-likeness (QED) is 0.783. The first kappa shape index (κ1) is 21.0. The van der Waals surface area contributed by atoms with Gasteiger partial charge in [-0.25, -0.2) is 4.98 Å². The number of anilines is 1. The second-order valence-electron chi connectivity index (χ2n) is 7.01. The van der Waals surface area contributed by atoms with Gasteiger partial charge in [0.1, 0.15) is 11.8 Å². The zero-order valence-electron chi connectivity index (χ0n) is 15.4. The molecule has 1 heterocycles. The average Bonchev–Trinajstić information content (AvgIpc) is 2.59. The van der Waals surface area contributed by atoms with Crippen molar-refractivity contribution in [3.63, 3.8) is 0 Å². The molecule has 1 N–H and O–H groups in total. The topological polar surface area (TPSA) is 91.1 Å². The van der Waals surface area contributed by atoms with Gasteiger partial charge in [0.2, 0.25) is 5.82 Å². The Hall–Kier alpha value is -3.35. The molecule has 0 saturated carbocycles. The Balaban J connectivity index is 2.21. The summed E-state index contributed by atoms with van der Waals surface area (Å²) in [7, 11) is 0. The third-order valence-corrected chi connectivity index (χ3v) is 3.24. The fourth-order valence-electron chi connectivity index (χ4n) is 2.20. The second-order valence-corrected chi connectivity index (χ2v) is 7.01. The summed E-state index contributed by atoms with van der Waals surface area (Å²) < 4.78 is 40.5. The molecule has 0 unspecified atom stereocenters. The Bertz CT molecular complexity index is 871. The highest BCUT2D eigenvalue weighted by atomic mass is 19.4. The second kappa shape index (κ2) is 8.12. The van der Waals surface area contributed by atoms with Gasteiger partial charge in [0.15, 0.2) is 5.82 Å². The highest BCUT2D eigenvalue weighted by Gasteiger charge is 2.31. The lowest BCUT2D eigenvalue weighted by molar-refractivity contribution is -0.274. The van der Waals surface area contributed by atoms with Gasteiger partial charge in [-0.15, -0.1) is 13.2 Å². The number of alkyl halides is 3. The predicted octanol–water partition coefficient (Wildman–Crippen LogP) is 3.44. The Morgan fingerprint density at radius 3 is 2.39 bits per heavy atom. The van der Waals surface area contributed by atoms with Gasteiger partial charge in [-0.1, -0.05) is 20.8 Å². The number of carbonyl (C=O) groups excluding carboxylic acids is 1. The lowest BCUT2D eigenvalue weighted by atomic mass is 9.97. The number of hydrazine groups is 1. The molecule has 28 heavy (non-hydrogen) atoms. The Morgan fingerprint density at radius 1 is 1.21 bits per heavy atom. The van der Waals surface area contributed by atoms with E-state index in [-0.39, 0.29) is 16.8 Å². The number of aromatic nitrogens is 2. The fourth-order valence-corrected chi connectivity index (χ4v) is 2.20. The number of amides is 1. The first-order chi connectivity index (χ1) is 13.0. The van der Waals surface area contributed by atoms with E-state index in [9.17, 15) is 18.0 Å². The Morgan fingerprint density at radius 2 is 1.86 bits per heavy atom. The molecule has 0 aliphatic heterocycles. The first-order valence-corrected chi connectivity index (χ1v) is 8.14. The van der Waals surface area contributed by atoms with Crippen LogP contribution in [0.25, 0.3) is 0 Å². The number of halogens is 3. The average molecular weight is 393 g/mol. The number of hydrogen-bond acceptors (Lipinski definition) is 6. The van der Waals surface area contributed by atoms with E-state index in [0.717, 1.165) is 12.1 Å². The van der Waals surface area contributed by atoms with Crippen molar-refractivity contribution >= 4 is 11.7 Å². The van der Waals surface area contributed by atoms with Gasteiger partial charge in [-0.05, 0) is 29.7 Å². The molecule has 0 spiro atoms. The van der Waals surface area contributed by atoms with Crippen LogP contribution < -0.4 is 15.2 Å². The maximum Gasteiger partial charge on any atom is 0.573 e. The van der Waals surface area contributed by atoms with Crippen molar-refractivity contribution in [3.8, 4) is 11.8 Å². The zero-order valence-corrected chi connectivity index (χ0v) is 15.4. The molecule has 0 saturated heterocycles. The molecule has 2 aromatic rings. The highest BCUT2D eigenvalue weighted by Crippen LogP contribution is 2.23. The zero-order chi connectivity index (χ0) is 20.9. The van der Waals surface area contributed by atoms with E-state index >= 15 is 0 Å². The molecule has 0 aliphatic carbocycles. The van der Waals surface area contributed by atoms with Crippen molar-refractivity contribution < 1.29 is 22.7 Å². The number of benzene rings is 1. The van der Waals surface area contributed by atoms with Crippen molar-refractivity contribution in [1.82, 2.24) is 15.4 Å². The summed E-state index contributed by atoms with van der Waals surface area (Å²) in [5, 5.41) is 10.4. The standard InChI is InChI=1S/C18H18F3N5O2/c1-17(2,3)11-26(15-8-9-23-14(10-22)24-15)25-16(27)12-4-6-13(7-5-12)28-18(19,20)21/h4-9H,11H2,1-3H3,(H,25,27). The van der Waals surface area contributed by atoms with Crippen molar-refractivity contribution in [2.24, 2.45) is 5.41 Å². The van der Waals surface area contributed by atoms with Crippen LogP contribution in [-0.2, 0) is 0 Å². The fraction of sp³-hybridized carbons (Fsp3) is 0.333. The third-order valence-electron chi connectivity index (χ3n) is 3.24. The molecule has 1 aromatic heterocycles. The molecule has 0 radical (unpaired) electrons. The molecule has 0 bridgehead atoms. The smallest absolute Gasteiger partial charge is 0.406 e. The van der Waals surface area contributed by atoms with Crippen LogP contribution in [0.15, 0.2) is 36.5 Å². The van der Waals surface area contributed by atoms with Gasteiger partial charge in [-0.2, -0.15) is 10.2 Å². The molecular formula is C18H18F3N5O2. The monoisotopic (exact) mass is 393 g/mol. The van der Waals surface area contributed by atoms with E-state index in [1.165, 1.54) is 29.4 Å². The Labute approximate surface area is 159 Å². The molecule has 0 atom stereocenters. The minimum atomic E-state index is -4.81. The number of carbonyl (C=O) groups is 1. The van der Waals surface area contributed by atoms with Crippen LogP contribution in [-0.4, -0.2) is 28.8 Å². The van der Waals surface area contributed by atoms with E-state index in [1.807, 2.05) is 26.8 Å². The van der Waals surface area contributed by atoms with Gasteiger partial charge in [0.05, 0.1) is 0 Å². The number of hydrogen-bond donors (Lipinski definition) is 1. The van der Waals surface area contributed by atoms with Gasteiger partial charge >= 0.3 is 6.36 Å². The van der Waals surface area contributed by atoms with E-state index in [4.69, 9.17) is 5.26 Å². The van der Waals surface area contributed by atoms with Crippen molar-refractivity contribution in [1.29, 1.82) is 5.26 Å². The van der Waals surface area contributed by atoms with Crippen molar-refractivity contribution in [2.75, 3.05) is 11.6 Å². The minimum absolute atomic E-state index is 0.0562. The van der Waals surface area contributed by atoms with E-state index in [1.54, 1.807) is 0 Å². The molecule has 1 aromatic carbocycles. The van der Waals surface area contributed by atoms with Gasteiger partial charge in [-0.3, -0.25) is 15.2 Å². The minimum Gasteiger partial charge on any atom is -0.406 e. The van der Waals surface area contributed by atoms with Crippen LogP contribution in [0.5, 0.6) is 5.75 Å². The Kier molecular flexibility index (Phi) is 6.08. The van der Waals surface area contributed by atoms with E-state index < -0.39 is 18.0 Å². The molecule has 10 heteroatoms. The number of rotatable bonds is 5. The number of nitriles is 1. The summed E-state index contributed by atoms with van der Waals surface area (Å²) in [5.41, 5.74) is 2.54. The van der Waals surface area contributed by atoms with E-state index in [0.29, 0.717) is 12.4 Å².